The molecule has 0 fully saturated rings. The highest BCUT2D eigenvalue weighted by atomic mass is 16.6. The van der Waals surface area contributed by atoms with Crippen LogP contribution in [0.3, 0.4) is 0 Å². The molecule has 0 aliphatic carbocycles. The summed E-state index contributed by atoms with van der Waals surface area (Å²) in [7, 11) is 0. The molecule has 2 aromatic rings. The Hall–Kier alpha value is -3.36. The van der Waals surface area contributed by atoms with Crippen molar-refractivity contribution < 1.29 is 19.1 Å². The molecule has 0 unspecified atom stereocenters. The Morgan fingerprint density at radius 3 is 2.43 bits per heavy atom. The fourth-order valence-electron chi connectivity index (χ4n) is 2.34. The number of carbonyl (C=O) groups excluding carboxylic acids is 3. The summed E-state index contributed by atoms with van der Waals surface area (Å²) in [5, 5.41) is 7.84. The van der Waals surface area contributed by atoms with Gasteiger partial charge in [0.25, 0.3) is 5.91 Å². The second kappa shape index (κ2) is 9.03. The van der Waals surface area contributed by atoms with E-state index in [4.69, 9.17) is 4.74 Å². The van der Waals surface area contributed by atoms with Gasteiger partial charge in [0.2, 0.25) is 11.3 Å². The van der Waals surface area contributed by atoms with Gasteiger partial charge in [-0.3, -0.25) is 14.4 Å². The monoisotopic (exact) mass is 388 g/mol. The zero-order valence-corrected chi connectivity index (χ0v) is 16.0. The number of pyridine rings is 1. The van der Waals surface area contributed by atoms with Gasteiger partial charge in [-0.25, -0.2) is 4.79 Å². The highest BCUT2D eigenvalue weighted by Gasteiger charge is 2.16. The predicted octanol–water partition coefficient (Wildman–Crippen LogP) is 0.899. The van der Waals surface area contributed by atoms with E-state index in [1.165, 1.54) is 6.20 Å². The van der Waals surface area contributed by atoms with Crippen molar-refractivity contribution in [3.63, 3.8) is 0 Å². The molecule has 2 rings (SSSR count). The van der Waals surface area contributed by atoms with Gasteiger partial charge in [-0.2, -0.15) is 0 Å². The summed E-state index contributed by atoms with van der Waals surface area (Å²) in [6.45, 7) is 5.30. The Morgan fingerprint density at radius 2 is 1.71 bits per heavy atom. The van der Waals surface area contributed by atoms with E-state index in [1.807, 2.05) is 0 Å². The molecule has 1 heterocycles. The normalized spacial score (nSPS) is 11.0. The lowest BCUT2D eigenvalue weighted by molar-refractivity contribution is -0.120. The van der Waals surface area contributed by atoms with Gasteiger partial charge in [0.15, 0.2) is 0 Å². The van der Waals surface area contributed by atoms with Crippen molar-refractivity contribution in [3.8, 4) is 0 Å². The Morgan fingerprint density at radius 1 is 1.04 bits per heavy atom. The summed E-state index contributed by atoms with van der Waals surface area (Å²) in [6, 6.07) is 6.84. The third-order valence-corrected chi connectivity index (χ3v) is 3.56. The predicted molar refractivity (Wildman–Crippen MR) is 104 cm³/mol. The van der Waals surface area contributed by atoms with Crippen LogP contribution in [0.2, 0.25) is 0 Å². The Bertz CT molecular complexity index is 930. The number of H-pyrrole nitrogens is 1. The maximum Gasteiger partial charge on any atom is 0.407 e. The second-order valence-corrected chi connectivity index (χ2v) is 7.04. The average Bonchev–Trinajstić information content (AvgIpc) is 2.62. The molecule has 0 saturated heterocycles. The lowest BCUT2D eigenvalue weighted by Gasteiger charge is -2.19. The molecular weight excluding hydrogens is 364 g/mol. The molecule has 4 N–H and O–H groups in total. The van der Waals surface area contributed by atoms with Gasteiger partial charge in [0.05, 0.1) is 6.54 Å². The lowest BCUT2D eigenvalue weighted by atomic mass is 10.1. The molecule has 9 nitrogen and oxygen atoms in total. The number of nitrogens with one attached hydrogen (secondary N) is 4. The van der Waals surface area contributed by atoms with E-state index in [0.29, 0.717) is 10.9 Å². The molecule has 9 heteroatoms. The first-order valence-electron chi connectivity index (χ1n) is 8.79. The zero-order chi connectivity index (χ0) is 20.7. The van der Waals surface area contributed by atoms with Crippen molar-refractivity contribution in [2.45, 2.75) is 26.4 Å². The standard InChI is InChI=1S/C19H24N4O5/c1-19(2,3)28-18(27)21-9-8-20-15(24)11-23-17(26)13-10-22-14-7-5-4-6-12(14)16(13)25/h4-7,10H,8-9,11H2,1-3H3,(H,20,24)(H,21,27)(H,22,25)(H,23,26). The lowest BCUT2D eigenvalue weighted by Crippen LogP contribution is -2.42. The van der Waals surface area contributed by atoms with Crippen LogP contribution in [0.15, 0.2) is 35.3 Å². The molecule has 0 spiro atoms. The molecule has 0 aliphatic heterocycles. The molecule has 1 aromatic heterocycles. The number of alkyl carbamates (subject to hydrolysis) is 1. The van der Waals surface area contributed by atoms with Crippen molar-refractivity contribution in [2.75, 3.05) is 19.6 Å². The Labute approximate surface area is 161 Å². The summed E-state index contributed by atoms with van der Waals surface area (Å²) in [4.78, 5) is 50.7. The van der Waals surface area contributed by atoms with E-state index in [-0.39, 0.29) is 25.2 Å². The second-order valence-electron chi connectivity index (χ2n) is 7.04. The molecule has 0 saturated carbocycles. The van der Waals surface area contributed by atoms with E-state index in [2.05, 4.69) is 20.9 Å². The van der Waals surface area contributed by atoms with Crippen molar-refractivity contribution in [1.82, 2.24) is 20.9 Å². The molecule has 28 heavy (non-hydrogen) atoms. The summed E-state index contributed by atoms with van der Waals surface area (Å²) < 4.78 is 5.06. The van der Waals surface area contributed by atoms with Crippen molar-refractivity contribution in [1.29, 1.82) is 0 Å². The summed E-state index contributed by atoms with van der Waals surface area (Å²) in [5.74, 6) is -1.09. The first kappa shape index (κ1) is 20.9. The maximum atomic E-state index is 12.4. The van der Waals surface area contributed by atoms with Crippen LogP contribution in [-0.4, -0.2) is 48.1 Å². The number of amides is 3. The van der Waals surface area contributed by atoms with Gasteiger partial charge in [-0.1, -0.05) is 12.1 Å². The van der Waals surface area contributed by atoms with E-state index >= 15 is 0 Å². The topological polar surface area (TPSA) is 129 Å². The highest BCUT2D eigenvalue weighted by Crippen LogP contribution is 2.07. The van der Waals surface area contributed by atoms with Crippen molar-refractivity contribution in [2.24, 2.45) is 0 Å². The van der Waals surface area contributed by atoms with Crippen molar-refractivity contribution in [3.05, 3.63) is 46.2 Å². The van der Waals surface area contributed by atoms with Crippen LogP contribution in [0.1, 0.15) is 31.1 Å². The van der Waals surface area contributed by atoms with Crippen LogP contribution in [0.5, 0.6) is 0 Å². The third-order valence-electron chi connectivity index (χ3n) is 3.56. The van der Waals surface area contributed by atoms with E-state index < -0.39 is 28.9 Å². The van der Waals surface area contributed by atoms with E-state index in [1.54, 1.807) is 45.0 Å². The van der Waals surface area contributed by atoms with Crippen LogP contribution in [0.4, 0.5) is 4.79 Å². The summed E-state index contributed by atoms with van der Waals surface area (Å²) in [5.41, 5.74) is -0.454. The molecule has 0 radical (unpaired) electrons. The number of carbonyl (C=O) groups is 3. The number of ether oxygens (including phenoxy) is 1. The minimum absolute atomic E-state index is 0.0712. The number of aromatic amines is 1. The van der Waals surface area contributed by atoms with E-state index in [9.17, 15) is 19.2 Å². The van der Waals surface area contributed by atoms with Crippen LogP contribution in [-0.2, 0) is 9.53 Å². The molecular formula is C19H24N4O5. The minimum Gasteiger partial charge on any atom is -0.444 e. The Kier molecular flexibility index (Phi) is 6.75. The van der Waals surface area contributed by atoms with Crippen LogP contribution in [0.25, 0.3) is 10.9 Å². The number of hydrogen-bond donors (Lipinski definition) is 4. The van der Waals surface area contributed by atoms with Gasteiger partial charge in [-0.05, 0) is 32.9 Å². The van der Waals surface area contributed by atoms with Gasteiger partial charge >= 0.3 is 6.09 Å². The fourth-order valence-corrected chi connectivity index (χ4v) is 2.34. The van der Waals surface area contributed by atoms with E-state index in [0.717, 1.165) is 0 Å². The number of benzene rings is 1. The quantitative estimate of drug-likeness (QED) is 0.547. The van der Waals surface area contributed by atoms with Gasteiger partial charge in [0.1, 0.15) is 11.2 Å². The molecule has 0 atom stereocenters. The number of aromatic nitrogens is 1. The maximum absolute atomic E-state index is 12.4. The average molecular weight is 388 g/mol. The molecule has 3 amide bonds. The van der Waals surface area contributed by atoms with Gasteiger partial charge < -0.3 is 25.7 Å². The minimum atomic E-state index is -0.644. The zero-order valence-electron chi connectivity index (χ0n) is 16.0. The number of hydrogen-bond acceptors (Lipinski definition) is 5. The van der Waals surface area contributed by atoms with Gasteiger partial charge in [-0.15, -0.1) is 0 Å². The SMILES string of the molecule is CC(C)(C)OC(=O)NCCNC(=O)CNC(=O)c1c[nH]c2ccccc2c1=O. The largest absolute Gasteiger partial charge is 0.444 e. The molecule has 0 aliphatic rings. The smallest absolute Gasteiger partial charge is 0.407 e. The Balaban J connectivity index is 1.77. The highest BCUT2D eigenvalue weighted by molar-refractivity contribution is 5.98. The molecule has 0 bridgehead atoms. The van der Waals surface area contributed by atoms with Gasteiger partial charge in [0, 0.05) is 30.2 Å². The van der Waals surface area contributed by atoms with Crippen molar-refractivity contribution >= 4 is 28.8 Å². The van der Waals surface area contributed by atoms with Crippen LogP contribution in [0, 0.1) is 0 Å². The molecule has 1 aromatic carbocycles. The molecule has 150 valence electrons. The van der Waals surface area contributed by atoms with Crippen LogP contribution < -0.4 is 21.4 Å². The fraction of sp³-hybridized carbons (Fsp3) is 0.368. The first-order chi connectivity index (χ1) is 13.2. The first-order valence-corrected chi connectivity index (χ1v) is 8.79. The third kappa shape index (κ3) is 6.11. The van der Waals surface area contributed by atoms with Crippen LogP contribution >= 0.6 is 0 Å². The number of para-hydroxylation sites is 1. The number of rotatable bonds is 6. The summed E-state index contributed by atoms with van der Waals surface area (Å²) >= 11 is 0. The number of fused-ring (bicyclic) bond motifs is 1. The summed E-state index contributed by atoms with van der Waals surface area (Å²) in [6.07, 6.45) is 0.744.